The van der Waals surface area contributed by atoms with Gasteiger partial charge < -0.3 is 29.1 Å². The van der Waals surface area contributed by atoms with E-state index in [1.54, 1.807) is 57.5 Å². The smallest absolute Gasteiger partial charge is 0.177 e. The minimum atomic E-state index is 0.754. The summed E-state index contributed by atoms with van der Waals surface area (Å²) in [6, 6.07) is 41.6. The summed E-state index contributed by atoms with van der Waals surface area (Å²) in [6.07, 6.45) is 0. The number of fused-ring (bicyclic) bond motifs is 3. The van der Waals surface area contributed by atoms with Crippen molar-refractivity contribution >= 4 is 125 Å². The number of hydrogen-bond donors (Lipinski definition) is 0. The number of thiophene rings is 3. The number of benzene rings is 4. The van der Waals surface area contributed by atoms with Crippen LogP contribution in [0.1, 0.15) is 43.1 Å². The zero-order valence-electron chi connectivity index (χ0n) is 44.9. The van der Waals surface area contributed by atoms with Crippen LogP contribution in [0.3, 0.4) is 0 Å². The highest BCUT2D eigenvalue weighted by molar-refractivity contribution is 8.02. The van der Waals surface area contributed by atoms with Crippen molar-refractivity contribution in [1.82, 2.24) is 29.9 Å². The van der Waals surface area contributed by atoms with Crippen LogP contribution < -0.4 is 19.6 Å². The maximum absolute atomic E-state index is 5.50. The molecule has 396 valence electrons. The molecule has 17 heteroatoms. The van der Waals surface area contributed by atoms with Crippen molar-refractivity contribution in [2.24, 2.45) is 0 Å². The van der Waals surface area contributed by atoms with Gasteiger partial charge in [-0.2, -0.15) is 0 Å². The van der Waals surface area contributed by atoms with E-state index in [-0.39, 0.29) is 0 Å². The monoisotopic (exact) mass is 1120 g/mol. The highest BCUT2D eigenvalue weighted by atomic mass is 32.2. The molecule has 0 aliphatic carbocycles. The first kappa shape index (κ1) is 54.2. The molecule has 8 heterocycles. The van der Waals surface area contributed by atoms with Crippen LogP contribution in [0, 0.1) is 41.5 Å². The van der Waals surface area contributed by atoms with Gasteiger partial charge in [-0.15, -0.1) is 34.0 Å². The van der Waals surface area contributed by atoms with E-state index in [9.17, 15) is 0 Å². The Morgan fingerprint density at radius 1 is 0.403 bits per heavy atom. The quantitative estimate of drug-likeness (QED) is 0.116. The molecule has 6 aromatic heterocycles. The van der Waals surface area contributed by atoms with Gasteiger partial charge in [0.1, 0.15) is 43.2 Å². The van der Waals surface area contributed by atoms with E-state index in [1.165, 1.54) is 39.1 Å². The standard InChI is InChI=1S/C24H26N4S.C20H16N2S3.C16H22N4O2S/c1-5-27(19-13-9-7-10-14-19)23-24(28(6-2)20-15-11-8-12-16-20)26-22-18(4)29-17(3)21(22)25-23;1-13-17-18(14(2)23-13)22-20(25-16-11-7-4-8-12-16)19(21-17)24-15-9-5-3-6-10-15;1-11-13-14(12(2)23-11)18-16(20-5-9-22-10-6-20)15(17-13)19-3-7-21-8-4-19/h7-16H,5-6H2,1-4H3;3-12H,1-2H3;3-10H2,1-2H3. The lowest BCUT2D eigenvalue weighted by molar-refractivity contribution is 0.120. The molecule has 12 nitrogen and oxygen atoms in total. The Hall–Kier alpha value is -6.18. The molecule has 77 heavy (non-hydrogen) atoms. The summed E-state index contributed by atoms with van der Waals surface area (Å²) >= 11 is 8.67. The van der Waals surface area contributed by atoms with Gasteiger partial charge in [-0.1, -0.05) is 96.3 Å². The van der Waals surface area contributed by atoms with Gasteiger partial charge in [0.25, 0.3) is 0 Å². The number of aromatic nitrogens is 6. The molecule has 0 amide bonds. The molecule has 0 saturated carbocycles. The predicted molar refractivity (Wildman–Crippen MR) is 326 cm³/mol. The fourth-order valence-electron chi connectivity index (χ4n) is 9.49. The summed E-state index contributed by atoms with van der Waals surface area (Å²) in [5.41, 5.74) is 8.40. The third-order valence-electron chi connectivity index (χ3n) is 13.3. The van der Waals surface area contributed by atoms with E-state index < -0.39 is 0 Å². The molecular formula is C60H64N10O2S5. The van der Waals surface area contributed by atoms with Gasteiger partial charge in [-0.05, 0) is 104 Å². The van der Waals surface area contributed by atoms with Gasteiger partial charge in [0.2, 0.25) is 0 Å². The number of aryl methyl sites for hydroxylation is 6. The lowest BCUT2D eigenvalue weighted by atomic mass is 10.2. The summed E-state index contributed by atoms with van der Waals surface area (Å²) in [5, 5.41) is 1.93. The Kier molecular flexibility index (Phi) is 17.7. The van der Waals surface area contributed by atoms with Crippen LogP contribution in [0.2, 0.25) is 0 Å². The highest BCUT2D eigenvalue weighted by Gasteiger charge is 2.27. The summed E-state index contributed by atoms with van der Waals surface area (Å²) in [7, 11) is 0. The Morgan fingerprint density at radius 3 is 1.00 bits per heavy atom. The molecule has 2 aliphatic heterocycles. The van der Waals surface area contributed by atoms with Crippen molar-refractivity contribution < 1.29 is 9.47 Å². The number of hydrogen-bond acceptors (Lipinski definition) is 17. The molecule has 0 atom stereocenters. The first-order valence-electron chi connectivity index (χ1n) is 26.2. The molecule has 0 radical (unpaired) electrons. The molecule has 0 spiro atoms. The first-order chi connectivity index (χ1) is 37.6. The summed E-state index contributed by atoms with van der Waals surface area (Å²) in [4.78, 5) is 49.2. The molecule has 0 unspecified atom stereocenters. The maximum Gasteiger partial charge on any atom is 0.177 e. The summed E-state index contributed by atoms with van der Waals surface area (Å²) in [6.45, 7) is 25.2. The molecule has 0 bridgehead atoms. The molecule has 2 fully saturated rings. The van der Waals surface area contributed by atoms with E-state index in [0.717, 1.165) is 143 Å². The van der Waals surface area contributed by atoms with Crippen LogP contribution in [0.25, 0.3) is 33.1 Å². The second-order valence-corrected chi connectivity index (χ2v) is 24.9. The van der Waals surface area contributed by atoms with Crippen LogP contribution in [-0.4, -0.2) is 95.6 Å². The number of morpholine rings is 2. The molecule has 10 aromatic rings. The van der Waals surface area contributed by atoms with Gasteiger partial charge in [-0.3, -0.25) is 0 Å². The minimum absolute atomic E-state index is 0.754. The number of ether oxygens (including phenoxy) is 2. The van der Waals surface area contributed by atoms with Crippen LogP contribution >= 0.6 is 57.5 Å². The first-order valence-corrected chi connectivity index (χ1v) is 30.3. The van der Waals surface area contributed by atoms with Crippen molar-refractivity contribution in [3.63, 3.8) is 0 Å². The van der Waals surface area contributed by atoms with Crippen molar-refractivity contribution in [3.05, 3.63) is 151 Å². The van der Waals surface area contributed by atoms with Crippen molar-refractivity contribution in [2.45, 2.75) is 75.2 Å². The van der Waals surface area contributed by atoms with Gasteiger partial charge in [0, 0.05) is 89.7 Å². The Balaban J connectivity index is 0.000000132. The van der Waals surface area contributed by atoms with Crippen LogP contribution in [-0.2, 0) is 9.47 Å². The summed E-state index contributed by atoms with van der Waals surface area (Å²) < 4.78 is 11.0. The van der Waals surface area contributed by atoms with Crippen LogP contribution in [0.15, 0.2) is 141 Å². The largest absolute Gasteiger partial charge is 0.378 e. The summed E-state index contributed by atoms with van der Waals surface area (Å²) in [5.74, 6) is 3.81. The van der Waals surface area contributed by atoms with E-state index >= 15 is 0 Å². The maximum atomic E-state index is 5.50. The highest BCUT2D eigenvalue weighted by Crippen LogP contribution is 2.42. The normalized spacial score (nSPS) is 13.6. The van der Waals surface area contributed by atoms with Gasteiger partial charge in [-0.25, -0.2) is 29.9 Å². The second kappa shape index (κ2) is 25.1. The average molecular weight is 1120 g/mol. The topological polar surface area (TPSA) is 109 Å². The number of nitrogens with zero attached hydrogens (tertiary/aromatic N) is 10. The van der Waals surface area contributed by atoms with E-state index in [4.69, 9.17) is 39.4 Å². The lowest BCUT2D eigenvalue weighted by Gasteiger charge is -2.34. The van der Waals surface area contributed by atoms with Gasteiger partial charge in [0.15, 0.2) is 23.3 Å². The fraction of sp³-hybridized carbons (Fsp3) is 0.300. The average Bonchev–Trinajstić information content (AvgIpc) is 4.06. The lowest BCUT2D eigenvalue weighted by Crippen LogP contribution is -2.41. The van der Waals surface area contributed by atoms with E-state index in [1.807, 2.05) is 24.3 Å². The number of anilines is 6. The van der Waals surface area contributed by atoms with Crippen molar-refractivity contribution in [1.29, 1.82) is 0 Å². The fourth-order valence-corrected chi connectivity index (χ4v) is 14.1. The Labute approximate surface area is 472 Å². The minimum Gasteiger partial charge on any atom is -0.378 e. The zero-order chi connectivity index (χ0) is 53.4. The molecule has 4 aromatic carbocycles. The molecular weight excluding hydrogens is 1050 g/mol. The van der Waals surface area contributed by atoms with E-state index in [0.29, 0.717) is 0 Å². The number of rotatable bonds is 12. The van der Waals surface area contributed by atoms with Gasteiger partial charge >= 0.3 is 0 Å². The second-order valence-electron chi connectivity index (χ2n) is 18.5. The molecule has 0 N–H and O–H groups in total. The zero-order valence-corrected chi connectivity index (χ0v) is 49.0. The SMILES string of the molecule is CCN(c1ccccc1)c1nc2c(C)sc(C)c2nc1N(CC)c1ccccc1.Cc1sc(C)c2nc(N3CCOCC3)c(N3CCOCC3)nc12.Cc1sc(C)c2nc(Sc3ccccc3)c(Sc3ccccc3)nc12. The van der Waals surface area contributed by atoms with Crippen LogP contribution in [0.5, 0.6) is 0 Å². The third kappa shape index (κ3) is 12.3. The Bertz CT molecular complexity index is 3340. The predicted octanol–water partition coefficient (Wildman–Crippen LogP) is 15.2. The molecule has 2 saturated heterocycles. The Morgan fingerprint density at radius 2 is 0.688 bits per heavy atom. The van der Waals surface area contributed by atoms with Gasteiger partial charge in [0.05, 0.1) is 26.4 Å². The van der Waals surface area contributed by atoms with Crippen molar-refractivity contribution in [3.8, 4) is 0 Å². The van der Waals surface area contributed by atoms with Crippen LogP contribution in [0.4, 0.5) is 34.6 Å². The molecule has 2 aliphatic rings. The van der Waals surface area contributed by atoms with E-state index in [2.05, 4.69) is 172 Å². The molecule has 12 rings (SSSR count). The number of para-hydroxylation sites is 2. The van der Waals surface area contributed by atoms with Crippen molar-refractivity contribution in [2.75, 3.05) is 85.3 Å². The third-order valence-corrected chi connectivity index (χ3v) is 18.4.